The minimum absolute atomic E-state index is 0.488. The number of ether oxygens (including phenoxy) is 1. The van der Waals surface area contributed by atoms with Crippen molar-refractivity contribution in [2.75, 3.05) is 0 Å². The van der Waals surface area contributed by atoms with Crippen molar-refractivity contribution >= 4 is 29.3 Å². The van der Waals surface area contributed by atoms with Crippen LogP contribution in [0.3, 0.4) is 0 Å². The Morgan fingerprint density at radius 1 is 1.09 bits per heavy atom. The lowest BCUT2D eigenvalue weighted by molar-refractivity contribution is 0.483. The Morgan fingerprint density at radius 3 is 2.61 bits per heavy atom. The summed E-state index contributed by atoms with van der Waals surface area (Å²) in [6, 6.07) is 12.9. The van der Waals surface area contributed by atoms with Gasteiger partial charge in [-0.3, -0.25) is 0 Å². The van der Waals surface area contributed by atoms with E-state index in [9.17, 15) is 0 Å². The average molecular weight is 345 g/mol. The highest BCUT2D eigenvalue weighted by atomic mass is 35.5. The molecular formula is C18H14Cl2N2O. The monoisotopic (exact) mass is 344 g/mol. The summed E-state index contributed by atoms with van der Waals surface area (Å²) < 4.78 is 7.75. The van der Waals surface area contributed by atoms with E-state index in [0.29, 0.717) is 15.8 Å². The molecule has 0 saturated heterocycles. The van der Waals surface area contributed by atoms with Crippen molar-refractivity contribution in [2.24, 2.45) is 0 Å². The first kappa shape index (κ1) is 15.7. The van der Waals surface area contributed by atoms with Gasteiger partial charge in [-0.1, -0.05) is 47.5 Å². The second-order valence-corrected chi connectivity index (χ2v) is 5.75. The largest absolute Gasteiger partial charge is 0.456 e. The van der Waals surface area contributed by atoms with Crippen molar-refractivity contribution in [1.29, 1.82) is 0 Å². The fraction of sp³-hybridized carbons (Fsp3) is 0.0556. The van der Waals surface area contributed by atoms with Crippen LogP contribution in [0.5, 0.6) is 11.5 Å². The number of imidazole rings is 1. The predicted octanol–water partition coefficient (Wildman–Crippen LogP) is 5.70. The average Bonchev–Trinajstić information content (AvgIpc) is 3.05. The van der Waals surface area contributed by atoms with Gasteiger partial charge in [0.1, 0.15) is 11.5 Å². The molecule has 3 nitrogen and oxygen atoms in total. The molecule has 0 saturated carbocycles. The molecule has 0 spiro atoms. The van der Waals surface area contributed by atoms with Gasteiger partial charge in [0.15, 0.2) is 0 Å². The van der Waals surface area contributed by atoms with Crippen LogP contribution < -0.4 is 4.74 Å². The van der Waals surface area contributed by atoms with Gasteiger partial charge < -0.3 is 9.30 Å². The molecule has 1 aromatic heterocycles. The van der Waals surface area contributed by atoms with E-state index in [4.69, 9.17) is 27.9 Å². The molecule has 2 aromatic carbocycles. The van der Waals surface area contributed by atoms with Gasteiger partial charge >= 0.3 is 0 Å². The molecule has 5 heteroatoms. The lowest BCUT2D eigenvalue weighted by atomic mass is 10.2. The molecule has 3 rings (SSSR count). The summed E-state index contributed by atoms with van der Waals surface area (Å²) in [5, 5.41) is 1.07. The van der Waals surface area contributed by atoms with Crippen molar-refractivity contribution in [2.45, 2.75) is 6.54 Å². The summed E-state index contributed by atoms with van der Waals surface area (Å²) >= 11 is 12.0. The summed E-state index contributed by atoms with van der Waals surface area (Å²) in [7, 11) is 0. The van der Waals surface area contributed by atoms with Crippen LogP contribution in [-0.4, -0.2) is 9.55 Å². The Balaban J connectivity index is 1.63. The van der Waals surface area contributed by atoms with E-state index in [-0.39, 0.29) is 0 Å². The summed E-state index contributed by atoms with van der Waals surface area (Å²) in [6.07, 6.45) is 9.61. The van der Waals surface area contributed by atoms with Gasteiger partial charge in [-0.05, 0) is 35.9 Å². The number of allylic oxidation sites excluding steroid dienone is 1. The van der Waals surface area contributed by atoms with Crippen LogP contribution in [0.4, 0.5) is 0 Å². The SMILES string of the molecule is Clc1ccc(Oc2ccc(/C=C\Cn3ccnc3)cc2)c(Cl)c1. The number of nitrogens with zero attached hydrogens (tertiary/aromatic N) is 2. The second-order valence-electron chi connectivity index (χ2n) is 4.91. The maximum Gasteiger partial charge on any atom is 0.146 e. The number of aromatic nitrogens is 2. The first-order valence-corrected chi connectivity index (χ1v) is 7.81. The molecule has 0 atom stereocenters. The van der Waals surface area contributed by atoms with E-state index in [0.717, 1.165) is 17.9 Å². The minimum Gasteiger partial charge on any atom is -0.456 e. The topological polar surface area (TPSA) is 27.1 Å². The molecular weight excluding hydrogens is 331 g/mol. The quantitative estimate of drug-likeness (QED) is 0.593. The van der Waals surface area contributed by atoms with E-state index in [2.05, 4.69) is 17.1 Å². The van der Waals surface area contributed by atoms with Gasteiger partial charge in [-0.15, -0.1) is 0 Å². The Labute approximate surface area is 144 Å². The molecule has 3 aromatic rings. The van der Waals surface area contributed by atoms with Crippen LogP contribution in [0.1, 0.15) is 5.56 Å². The van der Waals surface area contributed by atoms with E-state index < -0.39 is 0 Å². The van der Waals surface area contributed by atoms with Gasteiger partial charge in [0.25, 0.3) is 0 Å². The lowest BCUT2D eigenvalue weighted by Crippen LogP contribution is -1.89. The molecule has 0 N–H and O–H groups in total. The number of rotatable bonds is 5. The molecule has 116 valence electrons. The van der Waals surface area contributed by atoms with Gasteiger partial charge in [-0.25, -0.2) is 4.98 Å². The molecule has 0 unspecified atom stereocenters. The van der Waals surface area contributed by atoms with Crippen LogP contribution in [0.2, 0.25) is 10.0 Å². The smallest absolute Gasteiger partial charge is 0.146 e. The first-order valence-electron chi connectivity index (χ1n) is 7.06. The van der Waals surface area contributed by atoms with E-state index in [1.54, 1.807) is 30.7 Å². The zero-order valence-electron chi connectivity index (χ0n) is 12.2. The number of hydrogen-bond acceptors (Lipinski definition) is 2. The maximum absolute atomic E-state index is 6.10. The molecule has 0 aliphatic heterocycles. The van der Waals surface area contributed by atoms with Crippen LogP contribution in [0, 0.1) is 0 Å². The number of hydrogen-bond donors (Lipinski definition) is 0. The molecule has 0 aliphatic rings. The van der Waals surface area contributed by atoms with Crippen LogP contribution in [0.15, 0.2) is 67.3 Å². The van der Waals surface area contributed by atoms with Crippen molar-refractivity contribution in [3.63, 3.8) is 0 Å². The van der Waals surface area contributed by atoms with Crippen molar-refractivity contribution in [3.8, 4) is 11.5 Å². The van der Waals surface area contributed by atoms with E-state index in [1.165, 1.54) is 0 Å². The third-order valence-corrected chi connectivity index (χ3v) is 3.72. The standard InChI is InChI=1S/C18H14Cl2N2O/c19-15-5-8-18(17(20)12-15)23-16-6-3-14(4-7-16)2-1-10-22-11-9-21-13-22/h1-9,11-13H,10H2/b2-1-. The Kier molecular flexibility index (Phi) is 5.01. The zero-order chi connectivity index (χ0) is 16.1. The van der Waals surface area contributed by atoms with E-state index in [1.807, 2.05) is 35.0 Å². The van der Waals surface area contributed by atoms with Crippen molar-refractivity contribution in [1.82, 2.24) is 9.55 Å². The normalized spacial score (nSPS) is 11.0. The maximum atomic E-state index is 6.10. The summed E-state index contributed by atoms with van der Waals surface area (Å²) in [4.78, 5) is 4.01. The minimum atomic E-state index is 0.488. The van der Waals surface area contributed by atoms with E-state index >= 15 is 0 Å². The molecule has 1 heterocycles. The zero-order valence-corrected chi connectivity index (χ0v) is 13.7. The third kappa shape index (κ3) is 4.38. The van der Waals surface area contributed by atoms with Gasteiger partial charge in [-0.2, -0.15) is 0 Å². The summed E-state index contributed by atoms with van der Waals surface area (Å²) in [6.45, 7) is 0.790. The molecule has 0 aliphatic carbocycles. The Hall–Kier alpha value is -2.23. The fourth-order valence-electron chi connectivity index (χ4n) is 2.04. The molecule has 0 bridgehead atoms. The predicted molar refractivity (Wildman–Crippen MR) is 94.2 cm³/mol. The number of halogens is 2. The molecule has 23 heavy (non-hydrogen) atoms. The molecule has 0 radical (unpaired) electrons. The van der Waals surface area contributed by atoms with Crippen molar-refractivity contribution in [3.05, 3.63) is 82.9 Å². The van der Waals surface area contributed by atoms with Gasteiger partial charge in [0.05, 0.1) is 11.3 Å². The summed E-state index contributed by atoms with van der Waals surface area (Å²) in [5.41, 5.74) is 1.10. The molecule has 0 fully saturated rings. The van der Waals surface area contributed by atoms with Gasteiger partial charge in [0.2, 0.25) is 0 Å². The highest BCUT2D eigenvalue weighted by Gasteiger charge is 2.03. The highest BCUT2D eigenvalue weighted by molar-refractivity contribution is 6.35. The molecule has 0 amide bonds. The first-order chi connectivity index (χ1) is 11.2. The lowest BCUT2D eigenvalue weighted by Gasteiger charge is -2.08. The Bertz CT molecular complexity index is 796. The van der Waals surface area contributed by atoms with Crippen LogP contribution >= 0.6 is 23.2 Å². The summed E-state index contributed by atoms with van der Waals surface area (Å²) in [5.74, 6) is 1.31. The third-order valence-electron chi connectivity index (χ3n) is 3.19. The fourth-order valence-corrected chi connectivity index (χ4v) is 2.48. The van der Waals surface area contributed by atoms with Crippen LogP contribution in [-0.2, 0) is 6.54 Å². The van der Waals surface area contributed by atoms with Gasteiger partial charge in [0, 0.05) is 24.0 Å². The number of benzene rings is 2. The second kappa shape index (κ2) is 7.36. The highest BCUT2D eigenvalue weighted by Crippen LogP contribution is 2.31. The van der Waals surface area contributed by atoms with Crippen LogP contribution in [0.25, 0.3) is 6.08 Å². The van der Waals surface area contributed by atoms with Crippen molar-refractivity contribution < 1.29 is 4.74 Å². The Morgan fingerprint density at radius 2 is 1.91 bits per heavy atom.